The number of ether oxygens (including phenoxy) is 1. The first kappa shape index (κ1) is 18.2. The van der Waals surface area contributed by atoms with E-state index >= 15 is 0 Å². The molecule has 2 aromatic carbocycles. The average molecular weight is 354 g/mol. The molecule has 0 aliphatic heterocycles. The molecule has 1 amide bonds. The summed E-state index contributed by atoms with van der Waals surface area (Å²) in [5.41, 5.74) is 0.976. The zero-order valence-corrected chi connectivity index (χ0v) is 14.2. The molecule has 0 N–H and O–H groups in total. The Morgan fingerprint density at radius 3 is 2.58 bits per heavy atom. The van der Waals surface area contributed by atoms with Crippen molar-refractivity contribution in [2.75, 3.05) is 14.2 Å². The lowest BCUT2D eigenvalue weighted by Crippen LogP contribution is -2.27. The highest BCUT2D eigenvalue weighted by Crippen LogP contribution is 2.21. The van der Waals surface area contributed by atoms with Crippen molar-refractivity contribution in [1.29, 1.82) is 0 Å². The van der Waals surface area contributed by atoms with Crippen molar-refractivity contribution in [2.24, 2.45) is 0 Å². The van der Waals surface area contributed by atoms with Gasteiger partial charge in [0.05, 0.1) is 7.11 Å². The van der Waals surface area contributed by atoms with Gasteiger partial charge in [-0.05, 0) is 36.2 Å². The van der Waals surface area contributed by atoms with Gasteiger partial charge >= 0.3 is 0 Å². The largest absolute Gasteiger partial charge is 0.494 e. The van der Waals surface area contributed by atoms with Crippen LogP contribution in [0.25, 0.3) is 0 Å². The number of carbonyl (C=O) groups is 1. The zero-order valence-electron chi connectivity index (χ0n) is 13.5. The lowest BCUT2D eigenvalue weighted by atomic mass is 10.1. The molecule has 0 spiro atoms. The van der Waals surface area contributed by atoms with Crippen LogP contribution in [0.3, 0.4) is 0 Å². The molecule has 0 atom stereocenters. The monoisotopic (exact) mass is 353 g/mol. The Morgan fingerprint density at radius 2 is 1.96 bits per heavy atom. The number of halogens is 3. The number of hydrogen-bond acceptors (Lipinski definition) is 2. The second kappa shape index (κ2) is 8.11. The predicted molar refractivity (Wildman–Crippen MR) is 89.2 cm³/mol. The van der Waals surface area contributed by atoms with E-state index in [-0.39, 0.29) is 35.2 Å². The fourth-order valence-corrected chi connectivity index (χ4v) is 2.54. The fourth-order valence-electron chi connectivity index (χ4n) is 2.32. The van der Waals surface area contributed by atoms with Crippen molar-refractivity contribution < 1.29 is 18.3 Å². The molecule has 0 radical (unpaired) electrons. The van der Waals surface area contributed by atoms with E-state index in [0.717, 1.165) is 0 Å². The average Bonchev–Trinajstić information content (AvgIpc) is 2.56. The van der Waals surface area contributed by atoms with Crippen molar-refractivity contribution in [3.8, 4) is 5.75 Å². The highest BCUT2D eigenvalue weighted by atomic mass is 35.5. The second-order valence-electron chi connectivity index (χ2n) is 5.42. The van der Waals surface area contributed by atoms with E-state index in [0.29, 0.717) is 12.0 Å². The Balaban J connectivity index is 1.96. The molecule has 0 fully saturated rings. The van der Waals surface area contributed by atoms with E-state index in [1.54, 1.807) is 19.2 Å². The van der Waals surface area contributed by atoms with Crippen LogP contribution >= 0.6 is 11.6 Å². The fraction of sp³-hybridized carbons (Fsp3) is 0.278. The summed E-state index contributed by atoms with van der Waals surface area (Å²) < 4.78 is 32.3. The number of carbonyl (C=O) groups excluding carboxylic acids is 1. The summed E-state index contributed by atoms with van der Waals surface area (Å²) in [7, 11) is 2.98. The number of amides is 1. The van der Waals surface area contributed by atoms with Crippen molar-refractivity contribution in [3.05, 3.63) is 64.2 Å². The van der Waals surface area contributed by atoms with Crippen LogP contribution in [0.2, 0.25) is 5.02 Å². The molecule has 0 heterocycles. The smallest absolute Gasteiger partial charge is 0.222 e. The third kappa shape index (κ3) is 4.45. The Hall–Kier alpha value is -2.14. The van der Waals surface area contributed by atoms with Gasteiger partial charge in [0.1, 0.15) is 5.82 Å². The van der Waals surface area contributed by atoms with E-state index in [2.05, 4.69) is 0 Å². The molecule has 2 aromatic rings. The number of nitrogens with zero attached hydrogens (tertiary/aromatic N) is 1. The first-order chi connectivity index (χ1) is 11.4. The quantitative estimate of drug-likeness (QED) is 0.778. The maximum atomic E-state index is 13.8. The van der Waals surface area contributed by atoms with E-state index in [4.69, 9.17) is 16.3 Å². The Bertz CT molecular complexity index is 717. The zero-order chi connectivity index (χ0) is 17.7. The Morgan fingerprint density at radius 1 is 1.21 bits per heavy atom. The summed E-state index contributed by atoms with van der Waals surface area (Å²) in [5.74, 6) is -0.921. The molecule has 0 unspecified atom stereocenters. The SMILES string of the molecule is COc1ccc(CCC(=O)N(C)Cc2c(F)cccc2Cl)cc1F. The standard InChI is InChI=1S/C18H18ClF2NO2/c1-22(11-13-14(19)4-3-5-15(13)20)18(23)9-7-12-6-8-17(24-2)16(21)10-12/h3-6,8,10H,7,9,11H2,1-2H3. The molecular weight excluding hydrogens is 336 g/mol. The van der Waals surface area contributed by atoms with Gasteiger partial charge in [0.25, 0.3) is 0 Å². The maximum Gasteiger partial charge on any atom is 0.222 e. The molecule has 2 rings (SSSR count). The molecule has 0 aliphatic carbocycles. The van der Waals surface area contributed by atoms with Crippen LogP contribution in [0.1, 0.15) is 17.5 Å². The molecule has 24 heavy (non-hydrogen) atoms. The third-order valence-electron chi connectivity index (χ3n) is 3.73. The normalized spacial score (nSPS) is 10.5. The maximum absolute atomic E-state index is 13.8. The number of rotatable bonds is 6. The van der Waals surface area contributed by atoms with Crippen LogP contribution in [-0.4, -0.2) is 25.0 Å². The molecule has 3 nitrogen and oxygen atoms in total. The van der Waals surface area contributed by atoms with Gasteiger partial charge in [-0.3, -0.25) is 4.79 Å². The minimum absolute atomic E-state index is 0.0846. The first-order valence-electron chi connectivity index (χ1n) is 7.41. The van der Waals surface area contributed by atoms with Crippen LogP contribution in [0.4, 0.5) is 8.78 Å². The van der Waals surface area contributed by atoms with Gasteiger partial charge in [0.15, 0.2) is 11.6 Å². The van der Waals surface area contributed by atoms with Gasteiger partial charge in [-0.25, -0.2) is 8.78 Å². The molecule has 0 saturated heterocycles. The number of benzene rings is 2. The van der Waals surface area contributed by atoms with E-state index < -0.39 is 11.6 Å². The summed E-state index contributed by atoms with van der Waals surface area (Å²) >= 11 is 5.97. The summed E-state index contributed by atoms with van der Waals surface area (Å²) in [4.78, 5) is 13.6. The van der Waals surface area contributed by atoms with Crippen molar-refractivity contribution in [3.63, 3.8) is 0 Å². The lowest BCUT2D eigenvalue weighted by Gasteiger charge is -2.18. The number of hydrogen-bond donors (Lipinski definition) is 0. The van der Waals surface area contributed by atoms with Crippen LogP contribution in [-0.2, 0) is 17.8 Å². The van der Waals surface area contributed by atoms with E-state index in [9.17, 15) is 13.6 Å². The van der Waals surface area contributed by atoms with Gasteiger partial charge < -0.3 is 9.64 Å². The van der Waals surface area contributed by atoms with Gasteiger partial charge in [0, 0.05) is 30.6 Å². The number of methoxy groups -OCH3 is 1. The van der Waals surface area contributed by atoms with Gasteiger partial charge in [0.2, 0.25) is 5.91 Å². The molecule has 0 saturated carbocycles. The third-order valence-corrected chi connectivity index (χ3v) is 4.08. The van der Waals surface area contributed by atoms with Crippen LogP contribution < -0.4 is 4.74 Å². The van der Waals surface area contributed by atoms with Crippen molar-refractivity contribution >= 4 is 17.5 Å². The summed E-state index contributed by atoms with van der Waals surface area (Å²) in [5, 5.41) is 0.284. The molecule has 0 aromatic heterocycles. The Kier molecular flexibility index (Phi) is 6.15. The molecule has 0 aliphatic rings. The van der Waals surface area contributed by atoms with E-state index in [1.165, 1.54) is 36.3 Å². The minimum Gasteiger partial charge on any atom is -0.494 e. The van der Waals surface area contributed by atoms with Crippen LogP contribution in [0, 0.1) is 11.6 Å². The summed E-state index contributed by atoms with van der Waals surface area (Å²) in [6, 6.07) is 8.99. The van der Waals surface area contributed by atoms with Gasteiger partial charge in [-0.1, -0.05) is 23.7 Å². The lowest BCUT2D eigenvalue weighted by molar-refractivity contribution is -0.130. The second-order valence-corrected chi connectivity index (χ2v) is 5.83. The minimum atomic E-state index is -0.464. The highest BCUT2D eigenvalue weighted by molar-refractivity contribution is 6.31. The summed E-state index contributed by atoms with van der Waals surface area (Å²) in [6.07, 6.45) is 0.573. The first-order valence-corrected chi connectivity index (χ1v) is 7.79. The number of aryl methyl sites for hydroxylation is 1. The van der Waals surface area contributed by atoms with Gasteiger partial charge in [-0.2, -0.15) is 0 Å². The highest BCUT2D eigenvalue weighted by Gasteiger charge is 2.14. The Labute approximate surface area is 144 Å². The van der Waals surface area contributed by atoms with Crippen LogP contribution in [0.5, 0.6) is 5.75 Å². The molecule has 6 heteroatoms. The predicted octanol–water partition coefficient (Wildman–Crippen LogP) is 4.22. The van der Waals surface area contributed by atoms with Crippen molar-refractivity contribution in [1.82, 2.24) is 4.90 Å². The summed E-state index contributed by atoms with van der Waals surface area (Å²) in [6.45, 7) is 0.0846. The topological polar surface area (TPSA) is 29.5 Å². The van der Waals surface area contributed by atoms with Gasteiger partial charge in [-0.15, -0.1) is 0 Å². The molecular formula is C18H18ClF2NO2. The molecule has 0 bridgehead atoms. The van der Waals surface area contributed by atoms with E-state index in [1.807, 2.05) is 0 Å². The van der Waals surface area contributed by atoms with Crippen molar-refractivity contribution in [2.45, 2.75) is 19.4 Å². The van der Waals surface area contributed by atoms with Crippen LogP contribution in [0.15, 0.2) is 36.4 Å². The molecule has 128 valence electrons.